The lowest BCUT2D eigenvalue weighted by Crippen LogP contribution is -2.44. The Hall–Kier alpha value is -3.19. The van der Waals surface area contributed by atoms with E-state index < -0.39 is 0 Å². The van der Waals surface area contributed by atoms with Gasteiger partial charge in [0, 0.05) is 31.7 Å². The van der Waals surface area contributed by atoms with Crippen LogP contribution in [0.1, 0.15) is 10.6 Å². The van der Waals surface area contributed by atoms with E-state index in [1.54, 1.807) is 30.5 Å². The van der Waals surface area contributed by atoms with Crippen molar-refractivity contribution in [1.82, 2.24) is 9.88 Å². The number of piperazine rings is 1. The van der Waals surface area contributed by atoms with Crippen LogP contribution in [0.2, 0.25) is 0 Å². The molecule has 1 fully saturated rings. The van der Waals surface area contributed by atoms with Gasteiger partial charge in [-0.2, -0.15) is 0 Å². The summed E-state index contributed by atoms with van der Waals surface area (Å²) >= 11 is 0. The maximum Gasteiger partial charge on any atom is 0.291 e. The van der Waals surface area contributed by atoms with Crippen LogP contribution in [0, 0.1) is 5.82 Å². The molecule has 1 saturated heterocycles. The van der Waals surface area contributed by atoms with Crippen LogP contribution in [0.5, 0.6) is 0 Å². The molecule has 0 saturated carbocycles. The number of anilines is 2. The van der Waals surface area contributed by atoms with Crippen molar-refractivity contribution in [3.05, 3.63) is 66.3 Å². The summed E-state index contributed by atoms with van der Waals surface area (Å²) in [7, 11) is 2.11. The Morgan fingerprint density at radius 1 is 1.04 bits per heavy atom. The van der Waals surface area contributed by atoms with E-state index >= 15 is 0 Å². The highest BCUT2D eigenvalue weighted by Crippen LogP contribution is 2.23. The second-order valence-electron chi connectivity index (χ2n) is 6.82. The molecule has 144 valence electrons. The SMILES string of the molecule is CN1CCN(c2ccc(NC(=O)c3ccc(-c4ccc(F)cc4)o3)cn2)CC1. The summed E-state index contributed by atoms with van der Waals surface area (Å²) in [6.07, 6.45) is 1.65. The van der Waals surface area contributed by atoms with Gasteiger partial charge in [-0.15, -0.1) is 0 Å². The van der Waals surface area contributed by atoms with Crippen LogP contribution in [0.4, 0.5) is 15.9 Å². The van der Waals surface area contributed by atoms with E-state index in [1.807, 2.05) is 12.1 Å². The lowest BCUT2D eigenvalue weighted by atomic mass is 10.2. The number of benzene rings is 1. The number of carbonyl (C=O) groups is 1. The average molecular weight is 380 g/mol. The van der Waals surface area contributed by atoms with Gasteiger partial charge < -0.3 is 19.5 Å². The van der Waals surface area contributed by atoms with Gasteiger partial charge >= 0.3 is 0 Å². The largest absolute Gasteiger partial charge is 0.451 e. The molecule has 28 heavy (non-hydrogen) atoms. The Labute approximate surface area is 162 Å². The monoisotopic (exact) mass is 380 g/mol. The predicted octanol–water partition coefficient (Wildman–Crippen LogP) is 3.48. The minimum absolute atomic E-state index is 0.183. The zero-order valence-electron chi connectivity index (χ0n) is 15.6. The van der Waals surface area contributed by atoms with Gasteiger partial charge in [-0.1, -0.05) is 0 Å². The number of nitrogens with zero attached hydrogens (tertiary/aromatic N) is 3. The van der Waals surface area contributed by atoms with E-state index in [0.29, 0.717) is 17.0 Å². The molecule has 3 aromatic rings. The molecule has 2 aromatic heterocycles. The number of halogens is 1. The molecular formula is C21H21FN4O2. The molecule has 7 heteroatoms. The van der Waals surface area contributed by atoms with E-state index in [-0.39, 0.29) is 17.5 Å². The highest BCUT2D eigenvalue weighted by atomic mass is 19.1. The number of furan rings is 1. The molecule has 4 rings (SSSR count). The van der Waals surface area contributed by atoms with E-state index in [9.17, 15) is 9.18 Å². The Bertz CT molecular complexity index is 945. The third-order valence-electron chi connectivity index (χ3n) is 4.79. The van der Waals surface area contributed by atoms with Crippen molar-refractivity contribution in [3.8, 4) is 11.3 Å². The first-order valence-electron chi connectivity index (χ1n) is 9.15. The fourth-order valence-corrected chi connectivity index (χ4v) is 3.10. The predicted molar refractivity (Wildman–Crippen MR) is 106 cm³/mol. The Morgan fingerprint density at radius 2 is 1.79 bits per heavy atom. The molecule has 0 bridgehead atoms. The zero-order valence-corrected chi connectivity index (χ0v) is 15.6. The van der Waals surface area contributed by atoms with Crippen LogP contribution < -0.4 is 10.2 Å². The second kappa shape index (κ2) is 7.82. The number of pyridine rings is 1. The minimum Gasteiger partial charge on any atom is -0.451 e. The number of aromatic nitrogens is 1. The molecule has 1 aromatic carbocycles. The van der Waals surface area contributed by atoms with E-state index in [4.69, 9.17) is 4.42 Å². The maximum absolute atomic E-state index is 13.0. The first-order chi connectivity index (χ1) is 13.6. The summed E-state index contributed by atoms with van der Waals surface area (Å²) in [6.45, 7) is 3.89. The zero-order chi connectivity index (χ0) is 19.5. The van der Waals surface area contributed by atoms with Crippen LogP contribution in [0.3, 0.4) is 0 Å². The van der Waals surface area contributed by atoms with Crippen molar-refractivity contribution < 1.29 is 13.6 Å². The van der Waals surface area contributed by atoms with Gasteiger partial charge in [0.15, 0.2) is 5.76 Å². The van der Waals surface area contributed by atoms with Crippen molar-refractivity contribution in [1.29, 1.82) is 0 Å². The van der Waals surface area contributed by atoms with Crippen molar-refractivity contribution in [3.63, 3.8) is 0 Å². The van der Waals surface area contributed by atoms with Crippen LogP contribution in [-0.4, -0.2) is 49.0 Å². The third-order valence-corrected chi connectivity index (χ3v) is 4.79. The first kappa shape index (κ1) is 18.2. The molecule has 6 nitrogen and oxygen atoms in total. The van der Waals surface area contributed by atoms with Crippen LogP contribution in [0.15, 0.2) is 59.1 Å². The number of likely N-dealkylation sites (N-methyl/N-ethyl adjacent to an activating group) is 1. The summed E-state index contributed by atoms with van der Waals surface area (Å²) in [5, 5.41) is 2.79. The van der Waals surface area contributed by atoms with Crippen molar-refractivity contribution in [2.24, 2.45) is 0 Å². The van der Waals surface area contributed by atoms with E-state index in [1.165, 1.54) is 12.1 Å². The van der Waals surface area contributed by atoms with Gasteiger partial charge in [-0.3, -0.25) is 4.79 Å². The smallest absolute Gasteiger partial charge is 0.291 e. The molecule has 1 aliphatic heterocycles. The van der Waals surface area contributed by atoms with Gasteiger partial charge in [0.05, 0.1) is 11.9 Å². The second-order valence-corrected chi connectivity index (χ2v) is 6.82. The molecule has 0 atom stereocenters. The summed E-state index contributed by atoms with van der Waals surface area (Å²) in [5.41, 5.74) is 1.31. The normalized spacial score (nSPS) is 14.9. The number of hydrogen-bond donors (Lipinski definition) is 1. The van der Waals surface area contributed by atoms with Crippen LogP contribution in [-0.2, 0) is 0 Å². The summed E-state index contributed by atoms with van der Waals surface area (Å²) < 4.78 is 18.6. The third kappa shape index (κ3) is 4.04. The topological polar surface area (TPSA) is 61.6 Å². The molecule has 1 N–H and O–H groups in total. The molecule has 3 heterocycles. The molecule has 0 radical (unpaired) electrons. The summed E-state index contributed by atoms with van der Waals surface area (Å²) in [4.78, 5) is 21.4. The molecule has 0 unspecified atom stereocenters. The fourth-order valence-electron chi connectivity index (χ4n) is 3.10. The van der Waals surface area contributed by atoms with Crippen molar-refractivity contribution >= 4 is 17.4 Å². The quantitative estimate of drug-likeness (QED) is 0.751. The lowest BCUT2D eigenvalue weighted by molar-refractivity contribution is 0.0997. The summed E-state index contributed by atoms with van der Waals surface area (Å²) in [5.74, 6) is 0.919. The number of hydrogen-bond acceptors (Lipinski definition) is 5. The molecule has 1 aliphatic rings. The standard InChI is InChI=1S/C21H21FN4O2/c1-25-10-12-26(13-11-25)20-9-6-17(14-23-20)24-21(27)19-8-7-18(28-19)15-2-4-16(22)5-3-15/h2-9,14H,10-13H2,1H3,(H,24,27). The Balaban J connectivity index is 1.40. The van der Waals surface area contributed by atoms with Gasteiger partial charge in [-0.25, -0.2) is 9.37 Å². The lowest BCUT2D eigenvalue weighted by Gasteiger charge is -2.33. The Kier molecular flexibility index (Phi) is 5.08. The van der Waals surface area contributed by atoms with Gasteiger partial charge in [0.25, 0.3) is 5.91 Å². The van der Waals surface area contributed by atoms with Crippen LogP contribution >= 0.6 is 0 Å². The highest BCUT2D eigenvalue weighted by molar-refractivity contribution is 6.02. The molecular weight excluding hydrogens is 359 g/mol. The highest BCUT2D eigenvalue weighted by Gasteiger charge is 2.16. The minimum atomic E-state index is -0.359. The van der Waals surface area contributed by atoms with Crippen molar-refractivity contribution in [2.45, 2.75) is 0 Å². The first-order valence-corrected chi connectivity index (χ1v) is 9.15. The molecule has 0 spiro atoms. The average Bonchev–Trinajstić information content (AvgIpc) is 3.20. The molecule has 1 amide bonds. The van der Waals surface area contributed by atoms with E-state index in [0.717, 1.165) is 32.0 Å². The number of amides is 1. The van der Waals surface area contributed by atoms with Crippen molar-refractivity contribution in [2.75, 3.05) is 43.4 Å². The number of carbonyl (C=O) groups excluding carboxylic acids is 1. The van der Waals surface area contributed by atoms with Gasteiger partial charge in [0.1, 0.15) is 17.4 Å². The summed E-state index contributed by atoms with van der Waals surface area (Å²) in [6, 6.07) is 13.0. The maximum atomic E-state index is 13.0. The fraction of sp³-hybridized carbons (Fsp3) is 0.238. The number of nitrogens with one attached hydrogen (secondary N) is 1. The van der Waals surface area contributed by atoms with Gasteiger partial charge in [0.2, 0.25) is 0 Å². The van der Waals surface area contributed by atoms with Gasteiger partial charge in [-0.05, 0) is 55.6 Å². The Morgan fingerprint density at radius 3 is 2.46 bits per heavy atom. The number of rotatable bonds is 4. The van der Waals surface area contributed by atoms with Crippen LogP contribution in [0.25, 0.3) is 11.3 Å². The molecule has 0 aliphatic carbocycles. The van der Waals surface area contributed by atoms with E-state index in [2.05, 4.69) is 27.1 Å².